The molecule has 0 saturated heterocycles. The Labute approximate surface area is 139 Å². The third-order valence-corrected chi connectivity index (χ3v) is 3.83. The summed E-state index contributed by atoms with van der Waals surface area (Å²) in [7, 11) is 4.10. The molecule has 0 aliphatic rings. The van der Waals surface area contributed by atoms with Gasteiger partial charge in [0.05, 0.1) is 5.92 Å². The van der Waals surface area contributed by atoms with Gasteiger partial charge in [-0.05, 0) is 31.1 Å². The van der Waals surface area contributed by atoms with Crippen molar-refractivity contribution in [3.63, 3.8) is 0 Å². The Morgan fingerprint density at radius 2 is 1.43 bits per heavy atom. The van der Waals surface area contributed by atoms with E-state index >= 15 is 0 Å². The molecule has 1 N–H and O–H groups in total. The average Bonchev–Trinajstić information content (AvgIpc) is 2.55. The molecule has 2 rings (SSSR count). The third-order valence-electron chi connectivity index (χ3n) is 3.83. The summed E-state index contributed by atoms with van der Waals surface area (Å²) >= 11 is 0. The lowest BCUT2D eigenvalue weighted by atomic mass is 9.90. The quantitative estimate of drug-likeness (QED) is 0.852. The highest BCUT2D eigenvalue weighted by Crippen LogP contribution is 2.24. The summed E-state index contributed by atoms with van der Waals surface area (Å²) in [4.78, 5) is 15.0. The lowest BCUT2D eigenvalue weighted by Crippen LogP contribution is -2.36. The van der Waals surface area contributed by atoms with Gasteiger partial charge in [-0.3, -0.25) is 4.79 Å². The maximum Gasteiger partial charge on any atom is 0.232 e. The first-order valence-corrected chi connectivity index (χ1v) is 8.10. The van der Waals surface area contributed by atoms with E-state index in [1.807, 2.05) is 60.7 Å². The normalized spacial score (nSPS) is 12.4. The second-order valence-corrected chi connectivity index (χ2v) is 6.37. The summed E-state index contributed by atoms with van der Waals surface area (Å²) in [5.74, 6) is 0.220. The fourth-order valence-corrected chi connectivity index (χ4v) is 2.85. The minimum absolute atomic E-state index is 0.0630. The summed E-state index contributed by atoms with van der Waals surface area (Å²) in [5.41, 5.74) is 2.05. The van der Waals surface area contributed by atoms with Crippen LogP contribution in [0.5, 0.6) is 0 Å². The largest absolute Gasteiger partial charge is 0.355 e. The molecule has 1 atom stereocenters. The second-order valence-electron chi connectivity index (χ2n) is 6.37. The topological polar surface area (TPSA) is 32.3 Å². The summed E-state index contributed by atoms with van der Waals surface area (Å²) in [6.45, 7) is 3.80. The second kappa shape index (κ2) is 8.49. The summed E-state index contributed by atoms with van der Waals surface area (Å²) in [6, 6.07) is 19.9. The van der Waals surface area contributed by atoms with E-state index in [1.165, 1.54) is 0 Å². The molecule has 2 aromatic rings. The van der Waals surface area contributed by atoms with Crippen molar-refractivity contribution in [3.8, 4) is 0 Å². The number of hydrogen-bond donors (Lipinski definition) is 1. The highest BCUT2D eigenvalue weighted by Gasteiger charge is 2.22. The zero-order valence-corrected chi connectivity index (χ0v) is 14.2. The number of hydrogen-bond acceptors (Lipinski definition) is 2. The van der Waals surface area contributed by atoms with E-state index in [0.29, 0.717) is 12.5 Å². The van der Waals surface area contributed by atoms with E-state index in [0.717, 1.165) is 17.7 Å². The maximum atomic E-state index is 12.8. The van der Waals surface area contributed by atoms with Crippen LogP contribution in [0.4, 0.5) is 0 Å². The number of carbonyl (C=O) groups excluding carboxylic acids is 1. The monoisotopic (exact) mass is 310 g/mol. The number of nitrogens with one attached hydrogen (secondary N) is 1. The molecule has 0 aromatic heterocycles. The molecule has 0 aliphatic carbocycles. The van der Waals surface area contributed by atoms with Gasteiger partial charge in [-0.15, -0.1) is 0 Å². The van der Waals surface area contributed by atoms with Gasteiger partial charge in [-0.25, -0.2) is 0 Å². The van der Waals surface area contributed by atoms with Gasteiger partial charge in [-0.1, -0.05) is 67.6 Å². The molecule has 1 unspecified atom stereocenters. The molecule has 1 amide bonds. The van der Waals surface area contributed by atoms with Crippen LogP contribution < -0.4 is 5.32 Å². The zero-order valence-electron chi connectivity index (χ0n) is 14.2. The van der Waals surface area contributed by atoms with E-state index in [-0.39, 0.29) is 11.8 Å². The molecule has 0 heterocycles. The van der Waals surface area contributed by atoms with E-state index in [2.05, 4.69) is 31.2 Å². The highest BCUT2D eigenvalue weighted by atomic mass is 16.1. The molecule has 3 nitrogen and oxygen atoms in total. The zero-order chi connectivity index (χ0) is 16.7. The highest BCUT2D eigenvalue weighted by molar-refractivity contribution is 5.87. The van der Waals surface area contributed by atoms with Crippen molar-refractivity contribution < 1.29 is 4.79 Å². The van der Waals surface area contributed by atoms with Gasteiger partial charge in [0.25, 0.3) is 0 Å². The summed E-state index contributed by atoms with van der Waals surface area (Å²) in [6.07, 6.45) is 0. The fourth-order valence-electron chi connectivity index (χ4n) is 2.85. The Bertz CT molecular complexity index is 556. The Morgan fingerprint density at radius 3 is 1.87 bits per heavy atom. The van der Waals surface area contributed by atoms with Gasteiger partial charge < -0.3 is 10.2 Å². The van der Waals surface area contributed by atoms with Crippen molar-refractivity contribution in [3.05, 3.63) is 71.8 Å². The number of carbonyl (C=O) groups is 1. The molecule has 0 aliphatic heterocycles. The fraction of sp³-hybridized carbons (Fsp3) is 0.350. The Balaban J connectivity index is 2.13. The van der Waals surface area contributed by atoms with Gasteiger partial charge in [0.1, 0.15) is 0 Å². The molecule has 3 heteroatoms. The van der Waals surface area contributed by atoms with Crippen LogP contribution in [-0.2, 0) is 4.79 Å². The van der Waals surface area contributed by atoms with Gasteiger partial charge in [0.2, 0.25) is 5.91 Å². The van der Waals surface area contributed by atoms with Crippen molar-refractivity contribution in [2.24, 2.45) is 5.92 Å². The molecule has 0 radical (unpaired) electrons. The van der Waals surface area contributed by atoms with Crippen LogP contribution in [0.1, 0.15) is 24.0 Å². The molecule has 122 valence electrons. The van der Waals surface area contributed by atoms with Crippen LogP contribution in [-0.4, -0.2) is 38.0 Å². The van der Waals surface area contributed by atoms with E-state index < -0.39 is 0 Å². The number of rotatable bonds is 7. The van der Waals surface area contributed by atoms with Crippen LogP contribution in [0.2, 0.25) is 0 Å². The van der Waals surface area contributed by atoms with Crippen molar-refractivity contribution in [2.45, 2.75) is 12.8 Å². The number of nitrogens with zero attached hydrogens (tertiary/aromatic N) is 1. The molecular weight excluding hydrogens is 284 g/mol. The minimum Gasteiger partial charge on any atom is -0.355 e. The molecule has 0 spiro atoms. The minimum atomic E-state index is -0.260. The standard InChI is InChI=1S/C20H26N2O/c1-16(15-22(2)3)14-21-20(23)19(17-10-6-4-7-11-17)18-12-8-5-9-13-18/h4-13,16,19H,14-15H2,1-3H3,(H,21,23). The van der Waals surface area contributed by atoms with Crippen molar-refractivity contribution in [1.82, 2.24) is 10.2 Å². The van der Waals surface area contributed by atoms with Gasteiger partial charge >= 0.3 is 0 Å². The smallest absolute Gasteiger partial charge is 0.232 e. The molecule has 2 aromatic carbocycles. The number of benzene rings is 2. The first-order valence-electron chi connectivity index (χ1n) is 8.10. The lowest BCUT2D eigenvalue weighted by molar-refractivity contribution is -0.121. The lowest BCUT2D eigenvalue weighted by Gasteiger charge is -2.21. The summed E-state index contributed by atoms with van der Waals surface area (Å²) in [5, 5.41) is 3.12. The van der Waals surface area contributed by atoms with Gasteiger partial charge in [-0.2, -0.15) is 0 Å². The van der Waals surface area contributed by atoms with Crippen LogP contribution in [0, 0.1) is 5.92 Å². The molecule has 0 fully saturated rings. The Morgan fingerprint density at radius 1 is 0.957 bits per heavy atom. The summed E-state index contributed by atoms with van der Waals surface area (Å²) < 4.78 is 0. The Kier molecular flexibility index (Phi) is 6.36. The van der Waals surface area contributed by atoms with Crippen LogP contribution in [0.25, 0.3) is 0 Å². The van der Waals surface area contributed by atoms with Crippen LogP contribution in [0.15, 0.2) is 60.7 Å². The van der Waals surface area contributed by atoms with Gasteiger partial charge in [0, 0.05) is 13.1 Å². The molecular formula is C20H26N2O. The first-order chi connectivity index (χ1) is 11.1. The molecule has 0 bridgehead atoms. The van der Waals surface area contributed by atoms with Crippen LogP contribution in [0.3, 0.4) is 0 Å². The predicted molar refractivity (Wildman–Crippen MR) is 95.5 cm³/mol. The number of amides is 1. The average molecular weight is 310 g/mol. The van der Waals surface area contributed by atoms with Crippen LogP contribution >= 0.6 is 0 Å². The first kappa shape index (κ1) is 17.2. The van der Waals surface area contributed by atoms with Crippen molar-refractivity contribution >= 4 is 5.91 Å². The Hall–Kier alpha value is -2.13. The van der Waals surface area contributed by atoms with Gasteiger partial charge in [0.15, 0.2) is 0 Å². The van der Waals surface area contributed by atoms with Crippen molar-refractivity contribution in [1.29, 1.82) is 0 Å². The molecule has 0 saturated carbocycles. The predicted octanol–water partition coefficient (Wildman–Crippen LogP) is 3.13. The van der Waals surface area contributed by atoms with E-state index in [1.54, 1.807) is 0 Å². The maximum absolute atomic E-state index is 12.8. The third kappa shape index (κ3) is 5.22. The van der Waals surface area contributed by atoms with E-state index in [4.69, 9.17) is 0 Å². The van der Waals surface area contributed by atoms with E-state index in [9.17, 15) is 4.79 Å². The van der Waals surface area contributed by atoms with Crippen molar-refractivity contribution in [2.75, 3.05) is 27.2 Å². The molecule has 23 heavy (non-hydrogen) atoms. The SMILES string of the molecule is CC(CNC(=O)C(c1ccccc1)c1ccccc1)CN(C)C.